The van der Waals surface area contributed by atoms with Gasteiger partial charge in [0, 0.05) is 28.2 Å². The number of fused-ring (bicyclic) bond motifs is 17. The molecule has 0 unspecified atom stereocenters. The summed E-state index contributed by atoms with van der Waals surface area (Å²) in [6, 6.07) is 77.4. The molecule has 9 heterocycles. The van der Waals surface area contributed by atoms with Crippen LogP contribution in [0.4, 0.5) is 17.1 Å². The second kappa shape index (κ2) is 44.5. The molecule has 0 amide bonds. The largest absolute Gasteiger partial charge is 2.00 e. The van der Waals surface area contributed by atoms with Crippen molar-refractivity contribution in [2.45, 2.75) is 90.4 Å². The van der Waals surface area contributed by atoms with Gasteiger partial charge in [-0.1, -0.05) is 211 Å². The van der Waals surface area contributed by atoms with Gasteiger partial charge >= 0.3 is 34.1 Å². The van der Waals surface area contributed by atoms with E-state index in [1.165, 1.54) is 11.1 Å². The van der Waals surface area contributed by atoms with E-state index in [4.69, 9.17) is 96.7 Å². The first kappa shape index (κ1) is 101. The Morgan fingerprint density at radius 3 is 1.03 bits per heavy atom. The van der Waals surface area contributed by atoms with Crippen LogP contribution >= 0.6 is 0 Å². The number of anilines is 3. The molecule has 21 nitrogen and oxygen atoms in total. The van der Waals surface area contributed by atoms with Crippen molar-refractivity contribution in [1.29, 1.82) is 0 Å². The zero-order valence-corrected chi connectivity index (χ0v) is 85.7. The normalized spacial score (nSPS) is 12.1. The van der Waals surface area contributed by atoms with Crippen LogP contribution in [-0.4, -0.2) is 105 Å². The summed E-state index contributed by atoms with van der Waals surface area (Å²) in [6.45, 7) is 11.1. The zero-order valence-electron chi connectivity index (χ0n) is 83.9. The standard InChI is InChI=1S/C122H113N9O12.2Cu/c1-17-20-22-30-60-122(61-31-23-21-18-2)89-62-75(39-46-87(89)88-47-40-76(63-90(88)122)113-96-53-57-101(128-96)115(78-66-106(134-7)119(141-14)107(67-78)135-8)93-48-41-81(124-93)72-82-42-49-94(125-82)116(102-58-54-97(113)129-102)79-68-108(136-9)120(142-15)109(69-79)137-10)112-95-52-56-99(127-95)114(77-64-104(132-5)118(140-13)105(65-77)133-6)91(19-3)123-73(4)86(45-38-74-36-43-85(44-37-74)131(83-32-26-24-27-33-83)84-34-28-25-29-35-84)92-50-51-100(126-92)117(103-59-55-98(112)130-103)80-70-110(138-11)121(143-16)111(71-80)139-12;;/h19,24-29,32-59,62-72H,3,17-18,20-23,30-31,60-61H2,1-2,4-16H3;;/q-4;2*+2/b45-38+,81-72?,82-72?,86-73?,92-86?,112-95?,112-98?,113-96?,113-97?,114-91?,114-99?,115-93?,115-101?,116-94?,116-102?,117-100?,117-103?,123-73?,123-91?;;. The Labute approximate surface area is 867 Å². The van der Waals surface area contributed by atoms with Gasteiger partial charge in [0.2, 0.25) is 23.0 Å². The van der Waals surface area contributed by atoms with E-state index >= 15 is 0 Å². The summed E-state index contributed by atoms with van der Waals surface area (Å²) in [5.41, 5.74) is 28.4. The molecule has 0 atom stereocenters. The fourth-order valence-electron chi connectivity index (χ4n) is 20.6. The van der Waals surface area contributed by atoms with E-state index in [9.17, 15) is 0 Å². The Bertz CT molecular complexity index is 7700. The van der Waals surface area contributed by atoms with Gasteiger partial charge in [-0.15, -0.1) is 44.1 Å². The molecule has 145 heavy (non-hydrogen) atoms. The fourth-order valence-corrected chi connectivity index (χ4v) is 20.6. The van der Waals surface area contributed by atoms with E-state index in [2.05, 4.69) is 195 Å². The van der Waals surface area contributed by atoms with Crippen molar-refractivity contribution in [3.8, 4) is 147 Å². The van der Waals surface area contributed by atoms with Gasteiger partial charge in [0.15, 0.2) is 46.0 Å². The molecule has 6 aromatic heterocycles. The van der Waals surface area contributed by atoms with Crippen LogP contribution in [0.15, 0.2) is 231 Å². The van der Waals surface area contributed by atoms with Crippen molar-refractivity contribution < 1.29 is 91.0 Å². The topological polar surface area (TPSA) is 222 Å². The number of unbranched alkanes of at least 4 members (excludes halogenated alkanes) is 6. The first-order valence-electron chi connectivity index (χ1n) is 48.3. The molecule has 1 aliphatic carbocycles. The van der Waals surface area contributed by atoms with Crippen LogP contribution in [0.5, 0.6) is 69.0 Å². The number of benzene rings is 9. The van der Waals surface area contributed by atoms with Gasteiger partial charge in [-0.2, -0.15) is 0 Å². The van der Waals surface area contributed by atoms with Crippen LogP contribution in [0.1, 0.15) is 146 Å². The number of ether oxygens (including phenoxy) is 12. The minimum Gasteiger partial charge on any atom is -0.657 e. The van der Waals surface area contributed by atoms with Crippen LogP contribution in [-0.2, 0) is 39.6 Å². The van der Waals surface area contributed by atoms with Crippen molar-refractivity contribution >= 4 is 116 Å². The summed E-state index contributed by atoms with van der Waals surface area (Å²) < 4.78 is 72.9. The second-order valence-electron chi connectivity index (χ2n) is 35.5. The average Bonchev–Trinajstić information content (AvgIpc) is 1.55. The van der Waals surface area contributed by atoms with Gasteiger partial charge in [0.05, 0.1) is 125 Å². The van der Waals surface area contributed by atoms with Gasteiger partial charge in [0.25, 0.3) is 0 Å². The van der Waals surface area contributed by atoms with E-state index < -0.39 is 5.41 Å². The van der Waals surface area contributed by atoms with Gasteiger partial charge in [-0.25, -0.2) is 15.0 Å². The van der Waals surface area contributed by atoms with E-state index in [0.29, 0.717) is 181 Å². The molecular formula is C122H113Cu2N9O12. The van der Waals surface area contributed by atoms with E-state index in [1.807, 2.05) is 110 Å². The molecule has 14 bridgehead atoms. The van der Waals surface area contributed by atoms with E-state index in [-0.39, 0.29) is 34.1 Å². The van der Waals surface area contributed by atoms with E-state index in [1.54, 1.807) is 91.4 Å². The molecule has 0 N–H and O–H groups in total. The third-order valence-electron chi connectivity index (χ3n) is 27.3. The van der Waals surface area contributed by atoms with Gasteiger partial charge < -0.3 is 81.7 Å². The molecule has 3 aliphatic heterocycles. The Morgan fingerprint density at radius 2 is 0.648 bits per heavy atom. The molecule has 15 aromatic rings. The van der Waals surface area contributed by atoms with Crippen molar-refractivity contribution in [2.24, 2.45) is 0 Å². The molecule has 740 valence electrons. The molecule has 0 fully saturated rings. The van der Waals surface area contributed by atoms with Gasteiger partial charge in [0.1, 0.15) is 0 Å². The number of aromatic nitrogens is 8. The minimum atomic E-state index is -0.561. The maximum atomic E-state index is 6.19. The smallest absolute Gasteiger partial charge is 0.657 e. The zero-order chi connectivity index (χ0) is 99.1. The minimum absolute atomic E-state index is 0. The van der Waals surface area contributed by atoms with Crippen LogP contribution in [0.25, 0.3) is 177 Å². The Hall–Kier alpha value is -15.6. The summed E-state index contributed by atoms with van der Waals surface area (Å²) in [5.74, 6) is 5.47. The number of rotatable bonds is 34. The summed E-state index contributed by atoms with van der Waals surface area (Å²) in [4.78, 5) is 47.8. The van der Waals surface area contributed by atoms with Crippen LogP contribution in [0.2, 0.25) is 0 Å². The van der Waals surface area contributed by atoms with Crippen molar-refractivity contribution in [3.05, 3.63) is 299 Å². The molecule has 9 aromatic carbocycles. The quantitative estimate of drug-likeness (QED) is 0.0270. The van der Waals surface area contributed by atoms with Gasteiger partial charge in [-0.3, -0.25) is 4.98 Å². The number of para-hydroxylation sites is 2. The first-order valence-corrected chi connectivity index (χ1v) is 48.3. The molecule has 2 radical (unpaired) electrons. The Kier molecular flexibility index (Phi) is 30.9. The Morgan fingerprint density at radius 1 is 0.310 bits per heavy atom. The number of hydrogen-bond donors (Lipinski definition) is 0. The predicted octanol–water partition coefficient (Wildman–Crippen LogP) is 28.6. The third kappa shape index (κ3) is 19.5. The Balaban J connectivity index is 0.00000720. The maximum Gasteiger partial charge on any atom is 2.00 e. The van der Waals surface area contributed by atoms with Crippen molar-refractivity contribution in [1.82, 2.24) is 39.9 Å². The average molecular weight is 2020 g/mol. The number of aryl methyl sites for hydroxylation is 1. The first-order chi connectivity index (χ1) is 70.1. The van der Waals surface area contributed by atoms with Crippen molar-refractivity contribution in [3.63, 3.8) is 0 Å². The summed E-state index contributed by atoms with van der Waals surface area (Å²) in [7, 11) is 19.4. The summed E-state index contributed by atoms with van der Waals surface area (Å²) in [5, 5.41) is 0. The summed E-state index contributed by atoms with van der Waals surface area (Å²) >= 11 is 0. The molecule has 23 heteroatoms. The number of methoxy groups -OCH3 is 12. The van der Waals surface area contributed by atoms with Crippen LogP contribution < -0.4 is 81.7 Å². The van der Waals surface area contributed by atoms with E-state index in [0.717, 1.165) is 148 Å². The number of hydrogen-bond acceptors (Lipinski definition) is 17. The molecule has 0 spiro atoms. The monoisotopic (exact) mass is 2020 g/mol. The van der Waals surface area contributed by atoms with Crippen molar-refractivity contribution in [2.75, 3.05) is 90.2 Å². The van der Waals surface area contributed by atoms with Crippen LogP contribution in [0.3, 0.4) is 0 Å². The molecule has 0 saturated carbocycles. The SMILES string of the molecule is C=Cc1nc(C)c(/C=C/c2ccc(N(c3ccccc3)c3ccccc3)cc2)c2ccc([n-]2)c(-c2cc(OC)c(OC)c(OC)c2)c2nc(c(-c3ccc4c(c3)C(CCCCCC)(CCCCCC)c3cc(-c5c6nc(c(-c7cc(OC)c(OC)c(OC)c7)c7ccc(cc8nc(c(-c9cc(OC)c(OC)c(OC)c9)c9ccc5[n-]9)C=C8)[n-]7)C=C6)ccc3-4)c3ccc([n-]3)c1-c1cc(OC)c(OC)c(OC)c1)C=C2.[Cu+2].[Cu+2]. The fraction of sp³-hybridized carbons (Fsp3) is 0.213. The molecular weight excluding hydrogens is 1910 g/mol. The predicted molar refractivity (Wildman–Crippen MR) is 578 cm³/mol. The third-order valence-corrected chi connectivity index (χ3v) is 27.3. The van der Waals surface area contributed by atoms with Crippen LogP contribution in [0, 0.1) is 6.92 Å². The molecule has 0 saturated heterocycles. The summed E-state index contributed by atoms with van der Waals surface area (Å²) in [6.07, 6.45) is 28.3. The maximum absolute atomic E-state index is 6.19. The molecule has 4 aliphatic rings. The number of nitrogens with zero attached hydrogens (tertiary/aromatic N) is 9. The second-order valence-corrected chi connectivity index (χ2v) is 35.5. The van der Waals surface area contributed by atoms with Gasteiger partial charge in [-0.05, 0) is 260 Å². The molecule has 19 rings (SSSR count).